The van der Waals surface area contributed by atoms with Crippen LogP contribution in [-0.4, -0.2) is 42.1 Å². The van der Waals surface area contributed by atoms with Gasteiger partial charge in [0.25, 0.3) is 0 Å². The van der Waals surface area contributed by atoms with Crippen molar-refractivity contribution in [3.05, 3.63) is 0 Å². The molecule has 1 unspecified atom stereocenters. The van der Waals surface area contributed by atoms with Gasteiger partial charge in [-0.2, -0.15) is 0 Å². The molecule has 2 aliphatic rings. The second-order valence-corrected chi connectivity index (χ2v) is 7.10. The van der Waals surface area contributed by atoms with Crippen LogP contribution in [0, 0.1) is 5.41 Å². The monoisotopic (exact) mass is 282 g/mol. The third-order valence-corrected chi connectivity index (χ3v) is 4.24. The van der Waals surface area contributed by atoms with E-state index in [1.807, 2.05) is 25.7 Å². The van der Waals surface area contributed by atoms with Crippen LogP contribution in [0.1, 0.15) is 52.9 Å². The Morgan fingerprint density at radius 3 is 2.60 bits per heavy atom. The molecule has 0 bridgehead atoms. The van der Waals surface area contributed by atoms with Gasteiger partial charge in [-0.05, 0) is 51.9 Å². The molecule has 2 aliphatic heterocycles. The predicted octanol–water partition coefficient (Wildman–Crippen LogP) is 2.30. The summed E-state index contributed by atoms with van der Waals surface area (Å²) in [4.78, 5) is 25.2. The molecule has 0 aromatic heterocycles. The first-order valence-corrected chi connectivity index (χ1v) is 7.54. The van der Waals surface area contributed by atoms with E-state index in [1.165, 1.54) is 0 Å². The van der Waals surface area contributed by atoms with Gasteiger partial charge in [0.2, 0.25) is 5.91 Å². The third kappa shape index (κ3) is 3.87. The van der Waals surface area contributed by atoms with E-state index in [9.17, 15) is 9.59 Å². The highest BCUT2D eigenvalue weighted by atomic mass is 16.6. The lowest BCUT2D eigenvalue weighted by Gasteiger charge is -2.36. The second-order valence-electron chi connectivity index (χ2n) is 7.10. The molecule has 1 N–H and O–H groups in total. The lowest BCUT2D eigenvalue weighted by atomic mass is 9.75. The molecule has 5 nitrogen and oxygen atoms in total. The summed E-state index contributed by atoms with van der Waals surface area (Å²) in [6, 6.07) is 0. The zero-order valence-electron chi connectivity index (χ0n) is 12.8. The Morgan fingerprint density at radius 1 is 1.25 bits per heavy atom. The average Bonchev–Trinajstić information content (AvgIpc) is 2.54. The van der Waals surface area contributed by atoms with Crippen molar-refractivity contribution in [2.75, 3.05) is 19.6 Å². The Kier molecular flexibility index (Phi) is 4.25. The number of amides is 2. The number of rotatable bonds is 0. The minimum Gasteiger partial charge on any atom is -0.444 e. The van der Waals surface area contributed by atoms with Crippen molar-refractivity contribution in [3.8, 4) is 0 Å². The summed E-state index contributed by atoms with van der Waals surface area (Å²) in [6.45, 7) is 7.91. The topological polar surface area (TPSA) is 58.6 Å². The molecule has 1 spiro atoms. The van der Waals surface area contributed by atoms with E-state index < -0.39 is 5.60 Å². The van der Waals surface area contributed by atoms with E-state index in [4.69, 9.17) is 4.74 Å². The number of nitrogens with one attached hydrogen (secondary N) is 1. The van der Waals surface area contributed by atoms with Gasteiger partial charge in [0, 0.05) is 26.1 Å². The van der Waals surface area contributed by atoms with E-state index in [0.717, 1.165) is 45.3 Å². The molecular weight excluding hydrogens is 256 g/mol. The first-order valence-electron chi connectivity index (χ1n) is 7.54. The molecule has 114 valence electrons. The summed E-state index contributed by atoms with van der Waals surface area (Å²) < 4.78 is 5.44. The molecule has 2 fully saturated rings. The van der Waals surface area contributed by atoms with Gasteiger partial charge < -0.3 is 15.0 Å². The summed E-state index contributed by atoms with van der Waals surface area (Å²) in [5.41, 5.74) is -0.259. The lowest BCUT2D eigenvalue weighted by Crippen LogP contribution is -2.44. The summed E-state index contributed by atoms with van der Waals surface area (Å²) in [6.07, 6.45) is 4.36. The summed E-state index contributed by atoms with van der Waals surface area (Å²) in [5, 5.41) is 2.98. The van der Waals surface area contributed by atoms with Crippen molar-refractivity contribution in [1.29, 1.82) is 0 Å². The highest BCUT2D eigenvalue weighted by Gasteiger charge is 2.37. The Bertz CT molecular complexity index is 377. The van der Waals surface area contributed by atoms with Crippen LogP contribution in [0.25, 0.3) is 0 Å². The van der Waals surface area contributed by atoms with Crippen molar-refractivity contribution in [2.24, 2.45) is 5.41 Å². The molecule has 2 heterocycles. The molecular formula is C15H26N2O3. The zero-order chi connectivity index (χ0) is 14.8. The standard InChI is InChI=1S/C15H26N2O3/c1-14(2,3)20-13(19)17-9-4-6-15(8-10-17)7-5-12(18)16-11-15/h4-11H2,1-3H3,(H,16,18). The van der Waals surface area contributed by atoms with Gasteiger partial charge in [0.1, 0.15) is 5.60 Å². The molecule has 5 heteroatoms. The number of nitrogens with zero attached hydrogens (tertiary/aromatic N) is 1. The van der Waals surface area contributed by atoms with Crippen LogP contribution in [-0.2, 0) is 9.53 Å². The molecule has 2 amide bonds. The van der Waals surface area contributed by atoms with Gasteiger partial charge in [-0.1, -0.05) is 0 Å². The van der Waals surface area contributed by atoms with Crippen molar-refractivity contribution in [1.82, 2.24) is 10.2 Å². The van der Waals surface area contributed by atoms with Crippen LogP contribution in [0.4, 0.5) is 4.79 Å². The first kappa shape index (κ1) is 15.1. The maximum absolute atomic E-state index is 12.1. The van der Waals surface area contributed by atoms with E-state index in [2.05, 4.69) is 5.32 Å². The van der Waals surface area contributed by atoms with Crippen molar-refractivity contribution in [2.45, 2.75) is 58.5 Å². The SMILES string of the molecule is CC(C)(C)OC(=O)N1CCCC2(CCC(=O)NC2)CC1. The normalized spacial score (nSPS) is 27.9. The average molecular weight is 282 g/mol. The molecule has 2 saturated heterocycles. The summed E-state index contributed by atoms with van der Waals surface area (Å²) in [7, 11) is 0. The third-order valence-electron chi connectivity index (χ3n) is 4.24. The highest BCUT2D eigenvalue weighted by molar-refractivity contribution is 5.76. The van der Waals surface area contributed by atoms with Crippen molar-refractivity contribution >= 4 is 12.0 Å². The number of carbonyl (C=O) groups excluding carboxylic acids is 2. The number of likely N-dealkylation sites (tertiary alicyclic amines) is 1. The molecule has 0 aliphatic carbocycles. The van der Waals surface area contributed by atoms with Crippen molar-refractivity contribution < 1.29 is 14.3 Å². The van der Waals surface area contributed by atoms with Crippen LogP contribution in [0.15, 0.2) is 0 Å². The maximum Gasteiger partial charge on any atom is 0.410 e. The fraction of sp³-hybridized carbons (Fsp3) is 0.867. The Balaban J connectivity index is 1.92. The minimum atomic E-state index is -0.445. The second kappa shape index (κ2) is 5.62. The number of piperidine rings is 1. The first-order chi connectivity index (χ1) is 9.30. The fourth-order valence-corrected chi connectivity index (χ4v) is 3.03. The van der Waals surface area contributed by atoms with Gasteiger partial charge in [-0.3, -0.25) is 4.79 Å². The molecule has 2 rings (SSSR count). The molecule has 0 radical (unpaired) electrons. The lowest BCUT2D eigenvalue weighted by molar-refractivity contribution is -0.124. The van der Waals surface area contributed by atoms with Crippen LogP contribution < -0.4 is 5.32 Å². The molecule has 20 heavy (non-hydrogen) atoms. The van der Waals surface area contributed by atoms with Gasteiger partial charge in [0.05, 0.1) is 0 Å². The molecule has 1 atom stereocenters. The van der Waals surface area contributed by atoms with Crippen LogP contribution >= 0.6 is 0 Å². The van der Waals surface area contributed by atoms with E-state index >= 15 is 0 Å². The van der Waals surface area contributed by atoms with Crippen LogP contribution in [0.2, 0.25) is 0 Å². The van der Waals surface area contributed by atoms with E-state index in [-0.39, 0.29) is 17.4 Å². The van der Waals surface area contributed by atoms with E-state index in [0.29, 0.717) is 6.42 Å². The van der Waals surface area contributed by atoms with Gasteiger partial charge in [-0.15, -0.1) is 0 Å². The number of ether oxygens (including phenoxy) is 1. The Morgan fingerprint density at radius 2 is 2.00 bits per heavy atom. The Labute approximate surface area is 121 Å². The highest BCUT2D eigenvalue weighted by Crippen LogP contribution is 2.37. The van der Waals surface area contributed by atoms with Gasteiger partial charge >= 0.3 is 6.09 Å². The van der Waals surface area contributed by atoms with Crippen LogP contribution in [0.5, 0.6) is 0 Å². The summed E-state index contributed by atoms with van der Waals surface area (Å²) in [5.74, 6) is 0.156. The van der Waals surface area contributed by atoms with Crippen LogP contribution in [0.3, 0.4) is 0 Å². The number of hydrogen-bond donors (Lipinski definition) is 1. The van der Waals surface area contributed by atoms with E-state index in [1.54, 1.807) is 0 Å². The predicted molar refractivity (Wildman–Crippen MR) is 76.3 cm³/mol. The fourth-order valence-electron chi connectivity index (χ4n) is 3.03. The largest absolute Gasteiger partial charge is 0.444 e. The quantitative estimate of drug-likeness (QED) is 0.741. The molecule has 0 saturated carbocycles. The zero-order valence-corrected chi connectivity index (χ0v) is 12.8. The molecule has 0 aromatic carbocycles. The maximum atomic E-state index is 12.1. The minimum absolute atomic E-state index is 0.156. The molecule has 0 aromatic rings. The summed E-state index contributed by atoms with van der Waals surface area (Å²) >= 11 is 0. The smallest absolute Gasteiger partial charge is 0.410 e. The van der Waals surface area contributed by atoms with Gasteiger partial charge in [0.15, 0.2) is 0 Å². The Hall–Kier alpha value is -1.26. The number of carbonyl (C=O) groups is 2. The van der Waals surface area contributed by atoms with Crippen molar-refractivity contribution in [3.63, 3.8) is 0 Å². The number of hydrogen-bond acceptors (Lipinski definition) is 3. The van der Waals surface area contributed by atoms with Gasteiger partial charge in [-0.25, -0.2) is 4.79 Å².